The number of halogens is 1. The van der Waals surface area contributed by atoms with Crippen LogP contribution in [0.5, 0.6) is 0 Å². The van der Waals surface area contributed by atoms with Crippen molar-refractivity contribution >= 4 is 24.1 Å². The van der Waals surface area contributed by atoms with Crippen molar-refractivity contribution in [3.8, 4) is 0 Å². The van der Waals surface area contributed by atoms with E-state index in [1.807, 2.05) is 13.8 Å². The van der Waals surface area contributed by atoms with Gasteiger partial charge in [0.05, 0.1) is 0 Å². The van der Waals surface area contributed by atoms with E-state index in [0.29, 0.717) is 30.1 Å². The summed E-state index contributed by atoms with van der Waals surface area (Å²) in [6.07, 6.45) is 4.13. The highest BCUT2D eigenvalue weighted by Crippen LogP contribution is 2.20. The van der Waals surface area contributed by atoms with Gasteiger partial charge in [0.15, 0.2) is 5.78 Å². The molecule has 23 heavy (non-hydrogen) atoms. The third-order valence-electron chi connectivity index (χ3n) is 4.46. The molecule has 1 unspecified atom stereocenters. The molecule has 1 aromatic heterocycles. The fraction of sp³-hybridized carbons (Fsp3) is 0.647. The average molecular weight is 342 g/mol. The predicted octanol–water partition coefficient (Wildman–Crippen LogP) is 2.63. The molecule has 6 heteroatoms. The van der Waals surface area contributed by atoms with Crippen LogP contribution in [0, 0.1) is 12.8 Å². The van der Waals surface area contributed by atoms with Gasteiger partial charge >= 0.3 is 0 Å². The summed E-state index contributed by atoms with van der Waals surface area (Å²) in [4.78, 5) is 27.2. The Labute approximate surface area is 144 Å². The van der Waals surface area contributed by atoms with E-state index in [1.54, 1.807) is 6.92 Å². The molecule has 1 amide bonds. The maximum absolute atomic E-state index is 12.4. The highest BCUT2D eigenvalue weighted by atomic mass is 35.5. The molecule has 0 radical (unpaired) electrons. The van der Waals surface area contributed by atoms with Crippen molar-refractivity contribution in [1.29, 1.82) is 0 Å². The summed E-state index contributed by atoms with van der Waals surface area (Å²) in [5, 5.41) is 6.38. The first-order chi connectivity index (χ1) is 10.5. The van der Waals surface area contributed by atoms with E-state index in [4.69, 9.17) is 0 Å². The molecule has 1 saturated heterocycles. The second-order valence-corrected chi connectivity index (χ2v) is 6.15. The van der Waals surface area contributed by atoms with Gasteiger partial charge in [0.1, 0.15) is 5.69 Å². The van der Waals surface area contributed by atoms with Crippen molar-refractivity contribution in [3.05, 3.63) is 22.5 Å². The first-order valence-corrected chi connectivity index (χ1v) is 8.25. The van der Waals surface area contributed by atoms with Crippen molar-refractivity contribution < 1.29 is 9.59 Å². The van der Waals surface area contributed by atoms with Crippen LogP contribution >= 0.6 is 12.4 Å². The number of rotatable bonds is 6. The molecule has 1 aromatic rings. The highest BCUT2D eigenvalue weighted by Gasteiger charge is 2.21. The summed E-state index contributed by atoms with van der Waals surface area (Å²) in [7, 11) is 0. The van der Waals surface area contributed by atoms with Gasteiger partial charge in [-0.1, -0.05) is 6.92 Å². The van der Waals surface area contributed by atoms with Crippen LogP contribution in [-0.2, 0) is 6.42 Å². The molecule has 1 aliphatic heterocycles. The van der Waals surface area contributed by atoms with Crippen molar-refractivity contribution in [3.63, 3.8) is 0 Å². The lowest BCUT2D eigenvalue weighted by atomic mass is 9.96. The lowest BCUT2D eigenvalue weighted by molar-refractivity contribution is 0.0945. The van der Waals surface area contributed by atoms with E-state index in [2.05, 4.69) is 15.6 Å². The molecule has 1 atom stereocenters. The quantitative estimate of drug-likeness (QED) is 0.696. The zero-order valence-corrected chi connectivity index (χ0v) is 15.1. The minimum Gasteiger partial charge on any atom is -0.354 e. The second kappa shape index (κ2) is 9.08. The largest absolute Gasteiger partial charge is 0.354 e. The molecule has 5 nitrogen and oxygen atoms in total. The van der Waals surface area contributed by atoms with Crippen molar-refractivity contribution in [2.45, 2.75) is 46.5 Å². The molecular weight excluding hydrogens is 314 g/mol. The molecule has 0 aromatic carbocycles. The molecule has 0 saturated carbocycles. The molecule has 1 fully saturated rings. The fourth-order valence-electron chi connectivity index (χ4n) is 3.35. The Bertz CT molecular complexity index is 548. The molecule has 0 bridgehead atoms. The highest BCUT2D eigenvalue weighted by molar-refractivity contribution is 6.02. The standard InChI is InChI=1S/C17H27N3O2.ClH/c1-4-14-15(12(3)21)11(2)20-16(14)17(22)19-9-7-13-6-5-8-18-10-13;/h13,18,20H,4-10H2,1-3H3,(H,19,22);1H. The van der Waals surface area contributed by atoms with Gasteiger partial charge in [-0.05, 0) is 64.1 Å². The molecule has 2 heterocycles. The van der Waals surface area contributed by atoms with Crippen molar-refractivity contribution in [1.82, 2.24) is 15.6 Å². The molecule has 1 aliphatic rings. The zero-order valence-electron chi connectivity index (χ0n) is 14.3. The van der Waals surface area contributed by atoms with Gasteiger partial charge in [-0.15, -0.1) is 12.4 Å². The predicted molar refractivity (Wildman–Crippen MR) is 94.7 cm³/mol. The zero-order chi connectivity index (χ0) is 16.1. The SMILES string of the molecule is CCc1c(C(=O)NCCC2CCCNC2)[nH]c(C)c1C(C)=O.Cl. The minimum absolute atomic E-state index is 0. The molecular formula is C17H28ClN3O2. The Morgan fingerprint density at radius 2 is 2.09 bits per heavy atom. The number of carbonyl (C=O) groups is 2. The number of aromatic nitrogens is 1. The van der Waals surface area contributed by atoms with E-state index < -0.39 is 0 Å². The summed E-state index contributed by atoms with van der Waals surface area (Å²) < 4.78 is 0. The smallest absolute Gasteiger partial charge is 0.268 e. The van der Waals surface area contributed by atoms with Crippen molar-refractivity contribution in [2.75, 3.05) is 19.6 Å². The van der Waals surface area contributed by atoms with Gasteiger partial charge in [0, 0.05) is 17.8 Å². The van der Waals surface area contributed by atoms with E-state index in [1.165, 1.54) is 12.8 Å². The summed E-state index contributed by atoms with van der Waals surface area (Å²) in [6.45, 7) is 8.21. The van der Waals surface area contributed by atoms with E-state index in [0.717, 1.165) is 30.8 Å². The van der Waals surface area contributed by atoms with Gasteiger partial charge in [0.25, 0.3) is 5.91 Å². The number of H-pyrrole nitrogens is 1. The number of Topliss-reactive ketones (excluding diaryl/α,β-unsaturated/α-hetero) is 1. The lowest BCUT2D eigenvalue weighted by Gasteiger charge is -2.22. The van der Waals surface area contributed by atoms with Crippen LogP contribution in [0.15, 0.2) is 0 Å². The summed E-state index contributed by atoms with van der Waals surface area (Å²) >= 11 is 0. The fourth-order valence-corrected chi connectivity index (χ4v) is 3.35. The Hall–Kier alpha value is -1.33. The number of aromatic amines is 1. The third kappa shape index (κ3) is 4.82. The van der Waals surface area contributed by atoms with Crippen LogP contribution in [-0.4, -0.2) is 36.3 Å². The number of hydrogen-bond donors (Lipinski definition) is 3. The average Bonchev–Trinajstić information content (AvgIpc) is 2.85. The van der Waals surface area contributed by atoms with E-state index in [-0.39, 0.29) is 24.1 Å². The Morgan fingerprint density at radius 3 is 2.65 bits per heavy atom. The Balaban J connectivity index is 0.00000264. The Kier molecular flexibility index (Phi) is 7.79. The van der Waals surface area contributed by atoms with Gasteiger partial charge in [-0.3, -0.25) is 9.59 Å². The van der Waals surface area contributed by atoms with Crippen LogP contribution < -0.4 is 10.6 Å². The molecule has 3 N–H and O–H groups in total. The van der Waals surface area contributed by atoms with Crippen LogP contribution in [0.1, 0.15) is 65.2 Å². The minimum atomic E-state index is -0.101. The number of aryl methyl sites for hydroxylation is 1. The summed E-state index contributed by atoms with van der Waals surface area (Å²) in [5.41, 5.74) is 2.84. The number of amides is 1. The third-order valence-corrected chi connectivity index (χ3v) is 4.46. The van der Waals surface area contributed by atoms with Gasteiger partial charge < -0.3 is 15.6 Å². The van der Waals surface area contributed by atoms with Crippen molar-refractivity contribution in [2.24, 2.45) is 5.92 Å². The Morgan fingerprint density at radius 1 is 1.35 bits per heavy atom. The van der Waals surface area contributed by atoms with Gasteiger partial charge in [-0.25, -0.2) is 0 Å². The maximum Gasteiger partial charge on any atom is 0.268 e. The molecule has 0 spiro atoms. The van der Waals surface area contributed by atoms with Gasteiger partial charge in [-0.2, -0.15) is 0 Å². The summed E-state index contributed by atoms with van der Waals surface area (Å²) in [5.74, 6) is 0.562. The summed E-state index contributed by atoms with van der Waals surface area (Å²) in [6, 6.07) is 0. The number of nitrogens with one attached hydrogen (secondary N) is 3. The van der Waals surface area contributed by atoms with Crippen LogP contribution in [0.2, 0.25) is 0 Å². The lowest BCUT2D eigenvalue weighted by Crippen LogP contribution is -2.33. The first-order valence-electron chi connectivity index (χ1n) is 8.25. The number of carbonyl (C=O) groups excluding carboxylic acids is 2. The van der Waals surface area contributed by atoms with Crippen LogP contribution in [0.25, 0.3) is 0 Å². The molecule has 2 rings (SSSR count). The monoisotopic (exact) mass is 341 g/mol. The molecule has 130 valence electrons. The van der Waals surface area contributed by atoms with Gasteiger partial charge in [0.2, 0.25) is 0 Å². The van der Waals surface area contributed by atoms with E-state index >= 15 is 0 Å². The second-order valence-electron chi connectivity index (χ2n) is 6.15. The number of ketones is 1. The normalized spacial score (nSPS) is 17.4. The maximum atomic E-state index is 12.4. The number of piperidine rings is 1. The molecule has 0 aliphatic carbocycles. The topological polar surface area (TPSA) is 74.0 Å². The first kappa shape index (κ1) is 19.7. The van der Waals surface area contributed by atoms with E-state index in [9.17, 15) is 9.59 Å². The van der Waals surface area contributed by atoms with Crippen LogP contribution in [0.4, 0.5) is 0 Å². The van der Waals surface area contributed by atoms with Crippen LogP contribution in [0.3, 0.4) is 0 Å². The number of hydrogen-bond acceptors (Lipinski definition) is 3.